The smallest absolute Gasteiger partial charge is 0.246 e. The number of hydrogen-bond acceptors (Lipinski definition) is 9. The summed E-state index contributed by atoms with van der Waals surface area (Å²) in [6.45, 7) is 6.09. The lowest BCUT2D eigenvalue weighted by Crippen LogP contribution is -2.48. The summed E-state index contributed by atoms with van der Waals surface area (Å²) < 4.78 is 52.5. The van der Waals surface area contributed by atoms with Gasteiger partial charge in [-0.1, -0.05) is 29.5 Å². The SMILES string of the molecule is C=CC(=O)N1CCN(c2c(C#N)c(OC[C@@]34CCCN3C[C@H](F)C4)nc3c(F)c(-c4ccc(F)c5sc(N)nc45)c(Cl)cc23)CC1. The first-order valence-corrected chi connectivity index (χ1v) is 16.1. The van der Waals surface area contributed by atoms with Gasteiger partial charge in [-0.3, -0.25) is 9.69 Å². The predicted molar refractivity (Wildman–Crippen MR) is 172 cm³/mol. The second-order valence-corrected chi connectivity index (χ2v) is 13.3. The van der Waals surface area contributed by atoms with E-state index < -0.39 is 23.3 Å². The van der Waals surface area contributed by atoms with Crippen LogP contribution in [0, 0.1) is 23.0 Å². The Labute approximate surface area is 271 Å². The molecule has 0 aliphatic carbocycles. The largest absolute Gasteiger partial charge is 0.475 e. The van der Waals surface area contributed by atoms with Gasteiger partial charge in [0, 0.05) is 55.7 Å². The van der Waals surface area contributed by atoms with Crippen molar-refractivity contribution < 1.29 is 22.7 Å². The summed E-state index contributed by atoms with van der Waals surface area (Å²) in [4.78, 5) is 26.7. The van der Waals surface area contributed by atoms with Gasteiger partial charge in [-0.25, -0.2) is 23.1 Å². The summed E-state index contributed by atoms with van der Waals surface area (Å²) in [5.74, 6) is -1.63. The van der Waals surface area contributed by atoms with E-state index in [1.54, 1.807) is 4.90 Å². The number of nitrogen functional groups attached to an aromatic ring is 1. The quantitative estimate of drug-likeness (QED) is 0.261. The van der Waals surface area contributed by atoms with Crippen LogP contribution in [0.1, 0.15) is 24.8 Å². The summed E-state index contributed by atoms with van der Waals surface area (Å²) in [5.41, 5.74) is 6.07. The van der Waals surface area contributed by atoms with E-state index in [0.717, 1.165) is 30.7 Å². The minimum atomic E-state index is -0.983. The monoisotopic (exact) mass is 667 g/mol. The molecule has 46 heavy (non-hydrogen) atoms. The maximum absolute atomic E-state index is 16.9. The molecule has 0 bridgehead atoms. The highest BCUT2D eigenvalue weighted by atomic mass is 35.5. The second kappa shape index (κ2) is 11.6. The highest BCUT2D eigenvalue weighted by Gasteiger charge is 2.49. The maximum atomic E-state index is 16.9. The molecule has 3 fully saturated rings. The van der Waals surface area contributed by atoms with Crippen LogP contribution in [0.3, 0.4) is 0 Å². The number of thiazole rings is 1. The average molecular weight is 668 g/mol. The number of aromatic nitrogens is 2. The molecule has 3 saturated heterocycles. The van der Waals surface area contributed by atoms with Crippen molar-refractivity contribution >= 4 is 60.8 Å². The fourth-order valence-corrected chi connectivity index (χ4v) is 8.26. The molecule has 7 rings (SSSR count). The number of anilines is 2. The molecule has 0 radical (unpaired) electrons. The van der Waals surface area contributed by atoms with Crippen molar-refractivity contribution in [1.82, 2.24) is 19.8 Å². The Morgan fingerprint density at radius 2 is 2.02 bits per heavy atom. The van der Waals surface area contributed by atoms with Crippen molar-refractivity contribution in [3.63, 3.8) is 0 Å². The summed E-state index contributed by atoms with van der Waals surface area (Å²) in [6, 6.07) is 6.35. The molecule has 1 amide bonds. The van der Waals surface area contributed by atoms with Crippen LogP contribution in [-0.2, 0) is 4.79 Å². The Morgan fingerprint density at radius 3 is 2.76 bits per heavy atom. The van der Waals surface area contributed by atoms with Crippen LogP contribution >= 0.6 is 22.9 Å². The van der Waals surface area contributed by atoms with Gasteiger partial charge in [0.25, 0.3) is 0 Å². The average Bonchev–Trinajstić information content (AvgIpc) is 3.72. The first-order chi connectivity index (χ1) is 22.1. The van der Waals surface area contributed by atoms with Gasteiger partial charge in [-0.05, 0) is 43.7 Å². The number of carbonyl (C=O) groups is 1. The fourth-order valence-electron chi connectivity index (χ4n) is 7.20. The first kappa shape index (κ1) is 30.5. The minimum Gasteiger partial charge on any atom is -0.475 e. The van der Waals surface area contributed by atoms with E-state index in [0.29, 0.717) is 44.8 Å². The molecule has 9 nitrogen and oxygen atoms in total. The molecule has 0 unspecified atom stereocenters. The number of hydrogen-bond donors (Lipinski definition) is 1. The van der Waals surface area contributed by atoms with Gasteiger partial charge in [-0.15, -0.1) is 0 Å². The highest BCUT2D eigenvalue weighted by Crippen LogP contribution is 2.46. The number of pyridine rings is 1. The molecular weight excluding hydrogens is 639 g/mol. The van der Waals surface area contributed by atoms with Crippen LogP contribution in [0.4, 0.5) is 24.0 Å². The Hall–Kier alpha value is -4.12. The number of nitrogens with zero attached hydrogens (tertiary/aromatic N) is 6. The van der Waals surface area contributed by atoms with Gasteiger partial charge in [0.05, 0.1) is 26.5 Å². The number of nitriles is 1. The van der Waals surface area contributed by atoms with Crippen molar-refractivity contribution in [3.8, 4) is 23.1 Å². The molecule has 238 valence electrons. The van der Waals surface area contributed by atoms with Crippen LogP contribution in [0.5, 0.6) is 5.88 Å². The molecule has 0 saturated carbocycles. The molecule has 3 aliphatic rings. The van der Waals surface area contributed by atoms with E-state index in [2.05, 4.69) is 27.5 Å². The predicted octanol–water partition coefficient (Wildman–Crippen LogP) is 5.69. The number of amides is 1. The zero-order valence-electron chi connectivity index (χ0n) is 24.7. The van der Waals surface area contributed by atoms with E-state index in [9.17, 15) is 18.8 Å². The number of benzene rings is 2. The number of alkyl halides is 1. The number of fused-ring (bicyclic) bond motifs is 3. The number of nitrogens with two attached hydrogens (primary N) is 1. The zero-order valence-corrected chi connectivity index (χ0v) is 26.2. The fraction of sp³-hybridized carbons (Fsp3) is 0.375. The van der Waals surface area contributed by atoms with Gasteiger partial charge in [-0.2, -0.15) is 5.26 Å². The van der Waals surface area contributed by atoms with Gasteiger partial charge in [0.2, 0.25) is 11.8 Å². The topological polar surface area (TPSA) is 112 Å². The Bertz CT molecular complexity index is 1960. The van der Waals surface area contributed by atoms with E-state index >= 15 is 4.39 Å². The molecule has 2 aromatic heterocycles. The lowest BCUT2D eigenvalue weighted by molar-refractivity contribution is -0.126. The number of rotatable bonds is 6. The molecule has 14 heteroatoms. The third-order valence-electron chi connectivity index (χ3n) is 9.33. The van der Waals surface area contributed by atoms with E-state index in [1.165, 1.54) is 24.3 Å². The molecule has 2 atom stereocenters. The lowest BCUT2D eigenvalue weighted by Gasteiger charge is -2.37. The Balaban J connectivity index is 1.39. The molecular formula is C32H29ClF3N7O2S. The van der Waals surface area contributed by atoms with Crippen LogP contribution in [0.15, 0.2) is 30.9 Å². The minimum absolute atomic E-state index is 0.00554. The van der Waals surface area contributed by atoms with Gasteiger partial charge in [0.1, 0.15) is 35.7 Å². The van der Waals surface area contributed by atoms with Gasteiger partial charge >= 0.3 is 0 Å². The van der Waals surface area contributed by atoms with Crippen LogP contribution in [0.25, 0.3) is 32.2 Å². The first-order valence-electron chi connectivity index (χ1n) is 14.9. The van der Waals surface area contributed by atoms with Crippen molar-refractivity contribution in [3.05, 3.63) is 53.1 Å². The maximum Gasteiger partial charge on any atom is 0.246 e. The molecule has 2 N–H and O–H groups in total. The van der Waals surface area contributed by atoms with E-state index in [1.807, 2.05) is 4.90 Å². The molecule has 5 heterocycles. The van der Waals surface area contributed by atoms with Crippen molar-refractivity contribution in [2.24, 2.45) is 0 Å². The summed E-state index contributed by atoms with van der Waals surface area (Å²) >= 11 is 7.73. The summed E-state index contributed by atoms with van der Waals surface area (Å²) in [7, 11) is 0. The van der Waals surface area contributed by atoms with Crippen molar-refractivity contribution in [2.75, 3.05) is 56.5 Å². The van der Waals surface area contributed by atoms with Gasteiger partial charge in [0.15, 0.2) is 10.9 Å². The summed E-state index contributed by atoms with van der Waals surface area (Å²) in [5, 5.41) is 10.9. The zero-order chi connectivity index (χ0) is 32.3. The van der Waals surface area contributed by atoms with Crippen molar-refractivity contribution in [1.29, 1.82) is 5.26 Å². The number of piperazine rings is 1. The number of ether oxygens (including phenoxy) is 1. The van der Waals surface area contributed by atoms with E-state index in [-0.39, 0.29) is 66.4 Å². The third kappa shape index (κ3) is 4.90. The number of halogens is 4. The van der Waals surface area contributed by atoms with Crippen LogP contribution in [-0.4, -0.2) is 83.3 Å². The Morgan fingerprint density at radius 1 is 1.24 bits per heavy atom. The molecule has 0 spiro atoms. The highest BCUT2D eigenvalue weighted by molar-refractivity contribution is 7.22. The van der Waals surface area contributed by atoms with Crippen molar-refractivity contribution in [2.45, 2.75) is 31.0 Å². The van der Waals surface area contributed by atoms with Crippen LogP contribution in [0.2, 0.25) is 5.02 Å². The van der Waals surface area contributed by atoms with Crippen LogP contribution < -0.4 is 15.4 Å². The molecule has 3 aliphatic heterocycles. The van der Waals surface area contributed by atoms with E-state index in [4.69, 9.17) is 22.1 Å². The second-order valence-electron chi connectivity index (χ2n) is 11.9. The number of carbonyl (C=O) groups excluding carboxylic acids is 1. The molecule has 2 aromatic carbocycles. The Kier molecular flexibility index (Phi) is 7.70. The standard InChI is InChI=1S/C32H29ClF3N7O2S/c1-2-23(44)41-8-10-42(11-9-41)28-19-12-21(33)24(18-4-5-22(35)29-27(18)40-31(38)46-29)25(36)26(19)39-30(20(28)14-37)45-16-32-6-3-7-43(32)15-17(34)13-32/h2,4-5,12,17H,1,3,6-11,13,15-16H2,(H2,38,40)/t17-,32+/m1/s1. The summed E-state index contributed by atoms with van der Waals surface area (Å²) in [6.07, 6.45) is 2.21. The molecule has 4 aromatic rings. The third-order valence-corrected chi connectivity index (χ3v) is 10.5. The lowest BCUT2D eigenvalue weighted by atomic mass is 9.95. The normalized spacial score (nSPS) is 21.6. The van der Waals surface area contributed by atoms with Gasteiger partial charge < -0.3 is 20.3 Å².